The van der Waals surface area contributed by atoms with Crippen LogP contribution in [0, 0.1) is 20.2 Å². The number of ether oxygens (including phenoxy) is 4. The Kier molecular flexibility index (Phi) is 14.9. The van der Waals surface area contributed by atoms with E-state index in [4.69, 9.17) is 18.9 Å². The number of thioether (sulfide) groups is 2. The van der Waals surface area contributed by atoms with Gasteiger partial charge < -0.3 is 24.3 Å². The molecule has 1 N–H and O–H groups in total. The summed E-state index contributed by atoms with van der Waals surface area (Å²) in [6.45, 7) is 7.48. The molecule has 0 heterocycles. The first kappa shape index (κ1) is 35.4. The van der Waals surface area contributed by atoms with Crippen molar-refractivity contribution >= 4 is 64.5 Å². The first-order valence-electron chi connectivity index (χ1n) is 12.3. The summed E-state index contributed by atoms with van der Waals surface area (Å²) in [5.41, 5.74) is -1.30. The van der Waals surface area contributed by atoms with E-state index in [1.807, 2.05) is 13.8 Å². The molecule has 228 valence electrons. The Morgan fingerprint density at radius 2 is 1.37 bits per heavy atom. The van der Waals surface area contributed by atoms with Gasteiger partial charge in [-0.05, 0) is 17.6 Å². The minimum atomic E-state index is -1.55. The number of benzene rings is 1. The number of nitro groups is 2. The van der Waals surface area contributed by atoms with E-state index in [0.29, 0.717) is 11.5 Å². The van der Waals surface area contributed by atoms with E-state index in [1.165, 1.54) is 23.5 Å². The number of non-ortho nitro benzene ring substituents is 1. The van der Waals surface area contributed by atoms with Gasteiger partial charge in [-0.25, -0.2) is 0 Å². The van der Waals surface area contributed by atoms with Crippen molar-refractivity contribution in [1.29, 1.82) is 0 Å². The van der Waals surface area contributed by atoms with Gasteiger partial charge in [0.1, 0.15) is 12.3 Å². The van der Waals surface area contributed by atoms with Crippen LogP contribution in [0.2, 0.25) is 0 Å². The standard InChI is InChI=1S/C24H33N3O12S2/c1-7-40-24(41-8-2)21(25-18-10-9-17(26(32)33)11-19(18)27(34)35)23(39-16(6)31)22(38-15(5)30)20(37-14(4)29)12-36-13(3)28/h9-11,20-25H,7-8,12H2,1-6H3/t20-,21-,22-,23+/m1/s1. The first-order chi connectivity index (χ1) is 19.2. The van der Waals surface area contributed by atoms with Crippen LogP contribution in [0.5, 0.6) is 0 Å². The van der Waals surface area contributed by atoms with Crippen LogP contribution in [-0.4, -0.2) is 80.8 Å². The Hall–Kier alpha value is -3.60. The summed E-state index contributed by atoms with van der Waals surface area (Å²) in [4.78, 5) is 69.7. The second kappa shape index (κ2) is 17.3. The second-order valence-corrected chi connectivity index (χ2v) is 11.4. The third-order valence-electron chi connectivity index (χ3n) is 5.08. The number of carbonyl (C=O) groups is 4. The fourth-order valence-corrected chi connectivity index (χ4v) is 6.39. The Balaban J connectivity index is 3.90. The predicted molar refractivity (Wildman–Crippen MR) is 151 cm³/mol. The van der Waals surface area contributed by atoms with Crippen LogP contribution in [0.4, 0.5) is 17.1 Å². The van der Waals surface area contributed by atoms with Gasteiger partial charge in [0.25, 0.3) is 11.4 Å². The normalized spacial score (nSPS) is 13.7. The van der Waals surface area contributed by atoms with Gasteiger partial charge in [-0.3, -0.25) is 39.4 Å². The van der Waals surface area contributed by atoms with Gasteiger partial charge in [-0.15, -0.1) is 23.5 Å². The largest absolute Gasteiger partial charge is 0.462 e. The van der Waals surface area contributed by atoms with E-state index in [2.05, 4.69) is 5.32 Å². The number of nitrogens with zero attached hydrogens (tertiary/aromatic N) is 2. The van der Waals surface area contributed by atoms with Gasteiger partial charge in [0.2, 0.25) is 0 Å². The average molecular weight is 620 g/mol. The highest BCUT2D eigenvalue weighted by atomic mass is 32.2. The van der Waals surface area contributed by atoms with Crippen molar-refractivity contribution in [3.8, 4) is 0 Å². The molecule has 0 saturated heterocycles. The van der Waals surface area contributed by atoms with Gasteiger partial charge in [-0.2, -0.15) is 0 Å². The maximum Gasteiger partial charge on any atom is 0.303 e. The van der Waals surface area contributed by atoms with E-state index in [0.717, 1.165) is 45.9 Å². The van der Waals surface area contributed by atoms with Gasteiger partial charge in [0.05, 0.1) is 26.5 Å². The monoisotopic (exact) mass is 619 g/mol. The Labute approximate surface area is 244 Å². The van der Waals surface area contributed by atoms with Crippen molar-refractivity contribution in [2.75, 3.05) is 23.4 Å². The highest BCUT2D eigenvalue weighted by Gasteiger charge is 2.46. The first-order valence-corrected chi connectivity index (χ1v) is 14.4. The lowest BCUT2D eigenvalue weighted by molar-refractivity contribution is -0.393. The number of anilines is 1. The molecule has 0 aliphatic carbocycles. The predicted octanol–water partition coefficient (Wildman–Crippen LogP) is 3.47. The minimum absolute atomic E-state index is 0.147. The summed E-state index contributed by atoms with van der Waals surface area (Å²) in [5, 5.41) is 26.1. The SMILES string of the molecule is CCSC(SCC)[C@H](Nc1ccc([N+](=O)[O-])cc1[N+](=O)[O-])[C@H](OC(C)=O)[C@H](OC(C)=O)[C@@H](COC(C)=O)OC(C)=O. The lowest BCUT2D eigenvalue weighted by Crippen LogP contribution is -2.56. The van der Waals surface area contributed by atoms with Crippen molar-refractivity contribution in [1.82, 2.24) is 0 Å². The summed E-state index contributed by atoms with van der Waals surface area (Å²) < 4.78 is 21.0. The van der Waals surface area contributed by atoms with E-state index in [9.17, 15) is 39.4 Å². The Morgan fingerprint density at radius 3 is 1.80 bits per heavy atom. The van der Waals surface area contributed by atoms with E-state index < -0.39 is 80.6 Å². The van der Waals surface area contributed by atoms with Crippen LogP contribution in [0.25, 0.3) is 0 Å². The van der Waals surface area contributed by atoms with Crippen LogP contribution < -0.4 is 5.32 Å². The Morgan fingerprint density at radius 1 is 0.829 bits per heavy atom. The van der Waals surface area contributed by atoms with Crippen LogP contribution in [-0.2, 0) is 38.1 Å². The van der Waals surface area contributed by atoms with Gasteiger partial charge >= 0.3 is 23.9 Å². The molecular formula is C24H33N3O12S2. The van der Waals surface area contributed by atoms with E-state index in [1.54, 1.807) is 0 Å². The molecule has 1 rings (SSSR count). The smallest absolute Gasteiger partial charge is 0.303 e. The second-order valence-electron chi connectivity index (χ2n) is 8.26. The maximum atomic E-state index is 12.4. The molecule has 0 unspecified atom stereocenters. The molecule has 15 nitrogen and oxygen atoms in total. The van der Waals surface area contributed by atoms with Gasteiger partial charge in [0, 0.05) is 33.8 Å². The summed E-state index contributed by atoms with van der Waals surface area (Å²) >= 11 is 2.77. The van der Waals surface area contributed by atoms with Crippen LogP contribution in [0.15, 0.2) is 18.2 Å². The number of nitrogens with one attached hydrogen (secondary N) is 1. The number of hydrogen-bond acceptors (Lipinski definition) is 15. The fraction of sp³-hybridized carbons (Fsp3) is 0.583. The lowest BCUT2D eigenvalue weighted by Gasteiger charge is -2.39. The summed E-state index contributed by atoms with van der Waals surface area (Å²) in [5.74, 6) is -2.14. The molecule has 4 atom stereocenters. The molecule has 0 spiro atoms. The zero-order valence-electron chi connectivity index (χ0n) is 23.4. The number of nitro benzene ring substituents is 2. The highest BCUT2D eigenvalue weighted by Crippen LogP contribution is 2.37. The van der Waals surface area contributed by atoms with Crippen LogP contribution in [0.3, 0.4) is 0 Å². The van der Waals surface area contributed by atoms with Crippen LogP contribution in [0.1, 0.15) is 41.5 Å². The van der Waals surface area contributed by atoms with E-state index >= 15 is 0 Å². The van der Waals surface area contributed by atoms with Crippen molar-refractivity contribution in [2.24, 2.45) is 0 Å². The van der Waals surface area contributed by atoms with Gasteiger partial charge in [-0.1, -0.05) is 13.8 Å². The number of hydrogen-bond donors (Lipinski definition) is 1. The summed E-state index contributed by atoms with van der Waals surface area (Å²) in [6.07, 6.45) is -4.46. The molecule has 0 saturated carbocycles. The Bertz CT molecular complexity index is 1110. The molecule has 0 bridgehead atoms. The summed E-state index contributed by atoms with van der Waals surface area (Å²) in [6, 6.07) is 1.91. The molecule has 0 aliphatic heterocycles. The molecule has 17 heteroatoms. The topological polar surface area (TPSA) is 204 Å². The highest BCUT2D eigenvalue weighted by molar-refractivity contribution is 8.17. The molecule has 0 fully saturated rings. The van der Waals surface area contributed by atoms with Crippen molar-refractivity contribution in [3.63, 3.8) is 0 Å². The van der Waals surface area contributed by atoms with Gasteiger partial charge in [0.15, 0.2) is 18.3 Å². The molecule has 1 aromatic carbocycles. The third kappa shape index (κ3) is 11.8. The number of rotatable bonds is 17. The molecular weight excluding hydrogens is 586 g/mol. The van der Waals surface area contributed by atoms with Crippen molar-refractivity contribution in [3.05, 3.63) is 38.4 Å². The lowest BCUT2D eigenvalue weighted by atomic mass is 10.00. The molecule has 0 amide bonds. The van der Waals surface area contributed by atoms with Crippen molar-refractivity contribution < 1.29 is 48.0 Å². The summed E-state index contributed by atoms with van der Waals surface area (Å²) in [7, 11) is 0. The third-order valence-corrected chi connectivity index (χ3v) is 7.81. The number of carbonyl (C=O) groups excluding carboxylic acids is 4. The van der Waals surface area contributed by atoms with Crippen molar-refractivity contribution in [2.45, 2.75) is 70.5 Å². The average Bonchev–Trinajstić information content (AvgIpc) is 2.86. The maximum absolute atomic E-state index is 12.4. The fourth-order valence-electron chi connectivity index (χ4n) is 3.67. The molecule has 0 aliphatic rings. The minimum Gasteiger partial charge on any atom is -0.462 e. The quantitative estimate of drug-likeness (QED) is 0.0871. The van der Waals surface area contributed by atoms with Crippen LogP contribution >= 0.6 is 23.5 Å². The molecule has 0 aromatic heterocycles. The molecule has 0 radical (unpaired) electrons. The zero-order valence-corrected chi connectivity index (χ0v) is 25.0. The van der Waals surface area contributed by atoms with E-state index in [-0.39, 0.29) is 5.69 Å². The zero-order chi connectivity index (χ0) is 31.3. The molecule has 1 aromatic rings. The number of esters is 4. The molecule has 41 heavy (non-hydrogen) atoms.